The standard InChI is InChI=1S/C20H25NO3/c1-5-19(16-9-11-17(23-4)12-10-16)21-20(22)15(3)24-18-8-6-7-14(2)13-18/h6-13,15,19H,5H2,1-4H3,(H,21,22)/t15-,19+/m0/s1. The van der Waals surface area contributed by atoms with Gasteiger partial charge in [0.05, 0.1) is 13.2 Å². The Bertz CT molecular complexity index is 667. The molecule has 0 aliphatic heterocycles. The van der Waals surface area contributed by atoms with Gasteiger partial charge in [0.15, 0.2) is 6.10 Å². The molecule has 128 valence electrons. The van der Waals surface area contributed by atoms with E-state index < -0.39 is 6.10 Å². The van der Waals surface area contributed by atoms with Crippen molar-refractivity contribution in [2.75, 3.05) is 7.11 Å². The highest BCUT2D eigenvalue weighted by molar-refractivity contribution is 5.81. The predicted octanol–water partition coefficient (Wildman–Crippen LogP) is 4.04. The van der Waals surface area contributed by atoms with Crippen LogP contribution in [0.5, 0.6) is 11.5 Å². The van der Waals surface area contributed by atoms with Crippen molar-refractivity contribution in [2.45, 2.75) is 39.3 Å². The molecule has 4 nitrogen and oxygen atoms in total. The van der Waals surface area contributed by atoms with E-state index in [9.17, 15) is 4.79 Å². The second kappa shape index (κ2) is 8.39. The van der Waals surface area contributed by atoms with Crippen molar-refractivity contribution in [3.05, 3.63) is 59.7 Å². The van der Waals surface area contributed by atoms with Crippen LogP contribution in [0.25, 0.3) is 0 Å². The van der Waals surface area contributed by atoms with Crippen LogP contribution in [0, 0.1) is 6.92 Å². The molecule has 0 heterocycles. The number of nitrogens with one attached hydrogen (secondary N) is 1. The molecule has 1 N–H and O–H groups in total. The molecule has 0 radical (unpaired) electrons. The zero-order valence-electron chi connectivity index (χ0n) is 14.7. The van der Waals surface area contributed by atoms with Crippen molar-refractivity contribution >= 4 is 5.91 Å². The van der Waals surface area contributed by atoms with E-state index in [1.807, 2.05) is 62.4 Å². The largest absolute Gasteiger partial charge is 0.497 e. The third-order valence-corrected chi connectivity index (χ3v) is 3.91. The minimum absolute atomic E-state index is 0.0491. The number of rotatable bonds is 7. The number of hydrogen-bond donors (Lipinski definition) is 1. The Morgan fingerprint density at radius 1 is 1.12 bits per heavy atom. The molecule has 2 atom stereocenters. The van der Waals surface area contributed by atoms with E-state index in [2.05, 4.69) is 5.32 Å². The lowest BCUT2D eigenvalue weighted by atomic mass is 10.0. The Hall–Kier alpha value is -2.49. The minimum atomic E-state index is -0.556. The molecule has 0 aliphatic rings. The fraction of sp³-hybridized carbons (Fsp3) is 0.350. The Morgan fingerprint density at radius 3 is 2.42 bits per heavy atom. The van der Waals surface area contributed by atoms with E-state index in [0.29, 0.717) is 5.75 Å². The van der Waals surface area contributed by atoms with Gasteiger partial charge in [0.1, 0.15) is 11.5 Å². The first-order valence-corrected chi connectivity index (χ1v) is 8.21. The fourth-order valence-electron chi connectivity index (χ4n) is 2.49. The zero-order chi connectivity index (χ0) is 17.5. The second-order valence-corrected chi connectivity index (χ2v) is 5.82. The van der Waals surface area contributed by atoms with Crippen molar-refractivity contribution in [3.63, 3.8) is 0 Å². The van der Waals surface area contributed by atoms with E-state index in [-0.39, 0.29) is 11.9 Å². The van der Waals surface area contributed by atoms with Crippen LogP contribution in [0.15, 0.2) is 48.5 Å². The Kier molecular flexibility index (Phi) is 6.24. The molecule has 24 heavy (non-hydrogen) atoms. The monoisotopic (exact) mass is 327 g/mol. The summed E-state index contributed by atoms with van der Waals surface area (Å²) in [7, 11) is 1.64. The molecule has 1 amide bonds. The van der Waals surface area contributed by atoms with Gasteiger partial charge in [0, 0.05) is 0 Å². The zero-order valence-corrected chi connectivity index (χ0v) is 14.7. The molecule has 2 aromatic carbocycles. The second-order valence-electron chi connectivity index (χ2n) is 5.82. The first-order valence-electron chi connectivity index (χ1n) is 8.21. The first kappa shape index (κ1) is 17.9. The van der Waals surface area contributed by atoms with Crippen molar-refractivity contribution in [1.29, 1.82) is 0 Å². The number of ether oxygens (including phenoxy) is 2. The lowest BCUT2D eigenvalue weighted by molar-refractivity contribution is -0.128. The summed E-state index contributed by atoms with van der Waals surface area (Å²) in [6.07, 6.45) is 0.244. The molecule has 0 spiro atoms. The molecule has 4 heteroatoms. The quantitative estimate of drug-likeness (QED) is 0.835. The number of aryl methyl sites for hydroxylation is 1. The molecular formula is C20H25NO3. The SMILES string of the molecule is CC[C@@H](NC(=O)[C@H](C)Oc1cccc(C)c1)c1ccc(OC)cc1. The highest BCUT2D eigenvalue weighted by atomic mass is 16.5. The molecule has 0 saturated heterocycles. The van der Waals surface area contributed by atoms with Crippen molar-refractivity contribution in [1.82, 2.24) is 5.32 Å². The summed E-state index contributed by atoms with van der Waals surface area (Å²) in [4.78, 5) is 12.4. The third kappa shape index (κ3) is 4.75. The van der Waals surface area contributed by atoms with Crippen LogP contribution >= 0.6 is 0 Å². The molecule has 0 fully saturated rings. The number of amides is 1. The molecule has 0 unspecified atom stereocenters. The van der Waals surface area contributed by atoms with Crippen LogP contribution < -0.4 is 14.8 Å². The lowest BCUT2D eigenvalue weighted by Crippen LogP contribution is -2.38. The smallest absolute Gasteiger partial charge is 0.261 e. The number of hydrogen-bond acceptors (Lipinski definition) is 3. The van der Waals surface area contributed by atoms with Crippen LogP contribution in [0.2, 0.25) is 0 Å². The van der Waals surface area contributed by atoms with Crippen LogP contribution in [0.3, 0.4) is 0 Å². The number of benzene rings is 2. The highest BCUT2D eigenvalue weighted by Crippen LogP contribution is 2.21. The van der Waals surface area contributed by atoms with Gasteiger partial charge in [-0.3, -0.25) is 4.79 Å². The predicted molar refractivity (Wildman–Crippen MR) is 95.4 cm³/mol. The first-order chi connectivity index (χ1) is 11.5. The maximum Gasteiger partial charge on any atom is 0.261 e. The number of carbonyl (C=O) groups excluding carboxylic acids is 1. The summed E-state index contributed by atoms with van der Waals surface area (Å²) in [5.41, 5.74) is 2.15. The molecule has 0 saturated carbocycles. The van der Waals surface area contributed by atoms with E-state index in [1.54, 1.807) is 14.0 Å². The van der Waals surface area contributed by atoms with Gasteiger partial charge in [-0.25, -0.2) is 0 Å². The fourth-order valence-corrected chi connectivity index (χ4v) is 2.49. The van der Waals surface area contributed by atoms with Gasteiger partial charge in [-0.2, -0.15) is 0 Å². The van der Waals surface area contributed by atoms with Gasteiger partial charge < -0.3 is 14.8 Å². The van der Waals surface area contributed by atoms with Crippen molar-refractivity contribution < 1.29 is 14.3 Å². The van der Waals surface area contributed by atoms with E-state index in [4.69, 9.17) is 9.47 Å². The van der Waals surface area contributed by atoms with E-state index >= 15 is 0 Å². The van der Waals surface area contributed by atoms with Crippen molar-refractivity contribution in [2.24, 2.45) is 0 Å². The molecule has 2 aromatic rings. The van der Waals surface area contributed by atoms with Crippen LogP contribution in [-0.2, 0) is 4.79 Å². The molecular weight excluding hydrogens is 302 g/mol. The van der Waals surface area contributed by atoms with Crippen LogP contribution in [-0.4, -0.2) is 19.1 Å². The highest BCUT2D eigenvalue weighted by Gasteiger charge is 2.19. The summed E-state index contributed by atoms with van der Waals surface area (Å²) in [5, 5.41) is 3.05. The van der Waals surface area contributed by atoms with E-state index in [0.717, 1.165) is 23.3 Å². The molecule has 0 aromatic heterocycles. The average Bonchev–Trinajstić information content (AvgIpc) is 2.59. The van der Waals surface area contributed by atoms with Gasteiger partial charge in [-0.05, 0) is 55.7 Å². The molecule has 0 aliphatic carbocycles. The summed E-state index contributed by atoms with van der Waals surface area (Å²) in [6, 6.07) is 15.4. The van der Waals surface area contributed by atoms with Gasteiger partial charge in [-0.1, -0.05) is 31.2 Å². The summed E-state index contributed by atoms with van der Waals surface area (Å²) < 4.78 is 10.9. The van der Waals surface area contributed by atoms with Crippen molar-refractivity contribution in [3.8, 4) is 11.5 Å². The molecule has 2 rings (SSSR count). The van der Waals surface area contributed by atoms with Gasteiger partial charge in [0.2, 0.25) is 0 Å². The minimum Gasteiger partial charge on any atom is -0.497 e. The summed E-state index contributed by atoms with van der Waals surface area (Å²) in [6.45, 7) is 5.80. The summed E-state index contributed by atoms with van der Waals surface area (Å²) >= 11 is 0. The number of carbonyl (C=O) groups is 1. The molecule has 0 bridgehead atoms. The van der Waals surface area contributed by atoms with Gasteiger partial charge >= 0.3 is 0 Å². The summed E-state index contributed by atoms with van der Waals surface area (Å²) in [5.74, 6) is 1.38. The Labute approximate surface area is 143 Å². The Morgan fingerprint density at radius 2 is 1.83 bits per heavy atom. The maximum absolute atomic E-state index is 12.4. The van der Waals surface area contributed by atoms with E-state index in [1.165, 1.54) is 0 Å². The third-order valence-electron chi connectivity index (χ3n) is 3.91. The van der Waals surface area contributed by atoms with Gasteiger partial charge in [0.25, 0.3) is 5.91 Å². The normalized spacial score (nSPS) is 13.0. The maximum atomic E-state index is 12.4. The number of methoxy groups -OCH3 is 1. The average molecular weight is 327 g/mol. The van der Waals surface area contributed by atoms with Gasteiger partial charge in [-0.15, -0.1) is 0 Å². The Balaban J connectivity index is 1.99. The topological polar surface area (TPSA) is 47.6 Å². The van der Waals surface area contributed by atoms with Crippen LogP contribution in [0.4, 0.5) is 0 Å². The lowest BCUT2D eigenvalue weighted by Gasteiger charge is -2.21. The van der Waals surface area contributed by atoms with Crippen LogP contribution in [0.1, 0.15) is 37.4 Å².